The van der Waals surface area contributed by atoms with Crippen LogP contribution in [0.3, 0.4) is 0 Å². The summed E-state index contributed by atoms with van der Waals surface area (Å²) in [5.74, 6) is 0. The van der Waals surface area contributed by atoms with Crippen molar-refractivity contribution < 1.29 is 0 Å². The van der Waals surface area contributed by atoms with Gasteiger partial charge in [0.05, 0.1) is 10.7 Å². The van der Waals surface area contributed by atoms with Crippen molar-refractivity contribution in [2.75, 3.05) is 25.0 Å². The van der Waals surface area contributed by atoms with Gasteiger partial charge in [-0.3, -0.25) is 0 Å². The Bertz CT molecular complexity index is 393. The second-order valence-electron chi connectivity index (χ2n) is 4.27. The Labute approximate surface area is 107 Å². The highest BCUT2D eigenvalue weighted by molar-refractivity contribution is 6.35. The number of hydrogen-bond donors (Lipinski definition) is 1. The van der Waals surface area contributed by atoms with Crippen molar-refractivity contribution in [3.8, 4) is 0 Å². The summed E-state index contributed by atoms with van der Waals surface area (Å²) < 4.78 is 0. The van der Waals surface area contributed by atoms with Gasteiger partial charge in [0.2, 0.25) is 0 Å². The first kappa shape index (κ1) is 12.0. The van der Waals surface area contributed by atoms with Crippen molar-refractivity contribution >= 4 is 28.9 Å². The number of benzene rings is 1. The lowest BCUT2D eigenvalue weighted by Gasteiger charge is -2.20. The Balaban J connectivity index is 2.24. The molecule has 0 spiro atoms. The van der Waals surface area contributed by atoms with E-state index >= 15 is 0 Å². The molecule has 1 saturated heterocycles. The van der Waals surface area contributed by atoms with Gasteiger partial charge in [-0.2, -0.15) is 0 Å². The van der Waals surface area contributed by atoms with Gasteiger partial charge < -0.3 is 10.2 Å². The van der Waals surface area contributed by atoms with E-state index in [1.54, 1.807) is 0 Å². The molecule has 1 aromatic rings. The first-order valence-corrected chi connectivity index (χ1v) is 6.25. The molecule has 0 amide bonds. The smallest absolute Gasteiger partial charge is 0.0643 e. The summed E-state index contributed by atoms with van der Waals surface area (Å²) in [6, 6.07) is 4.46. The minimum atomic E-state index is 0.552. The summed E-state index contributed by atoms with van der Waals surface area (Å²) in [4.78, 5) is 2.29. The highest BCUT2D eigenvalue weighted by Gasteiger charge is 2.23. The Kier molecular flexibility index (Phi) is 3.63. The van der Waals surface area contributed by atoms with E-state index in [0.717, 1.165) is 40.8 Å². The van der Waals surface area contributed by atoms with Gasteiger partial charge in [-0.1, -0.05) is 23.2 Å². The van der Waals surface area contributed by atoms with Crippen molar-refractivity contribution in [3.63, 3.8) is 0 Å². The molecule has 0 saturated carbocycles. The van der Waals surface area contributed by atoms with Crippen LogP contribution in [-0.4, -0.2) is 26.2 Å². The maximum absolute atomic E-state index is 6.25. The van der Waals surface area contributed by atoms with Gasteiger partial charge in [-0.15, -0.1) is 0 Å². The third-order valence-electron chi connectivity index (χ3n) is 3.17. The van der Waals surface area contributed by atoms with E-state index in [0.29, 0.717) is 6.04 Å². The standard InChI is InChI=1S/C12H16Cl2N2/c1-8-5-11(14)12(6-10(8)13)16-4-3-9(7-16)15-2/h5-6,9,15H,3-4,7H2,1-2H3. The highest BCUT2D eigenvalue weighted by Crippen LogP contribution is 2.33. The molecule has 0 bridgehead atoms. The Morgan fingerprint density at radius 2 is 2.06 bits per heavy atom. The molecular formula is C12H16Cl2N2. The predicted molar refractivity (Wildman–Crippen MR) is 70.9 cm³/mol. The largest absolute Gasteiger partial charge is 0.369 e. The van der Waals surface area contributed by atoms with Crippen LogP contribution >= 0.6 is 23.2 Å². The molecule has 16 heavy (non-hydrogen) atoms. The molecule has 2 rings (SSSR count). The van der Waals surface area contributed by atoms with Gasteiger partial charge in [-0.25, -0.2) is 0 Å². The van der Waals surface area contributed by atoms with Crippen LogP contribution in [0, 0.1) is 6.92 Å². The van der Waals surface area contributed by atoms with Gasteiger partial charge in [0.1, 0.15) is 0 Å². The minimum Gasteiger partial charge on any atom is -0.369 e. The number of halogens is 2. The van der Waals surface area contributed by atoms with E-state index in [4.69, 9.17) is 23.2 Å². The molecule has 1 aliphatic rings. The normalized spacial score (nSPS) is 20.5. The lowest BCUT2D eigenvalue weighted by atomic mass is 10.2. The number of anilines is 1. The molecule has 1 heterocycles. The summed E-state index contributed by atoms with van der Waals surface area (Å²) in [6.07, 6.45) is 1.15. The van der Waals surface area contributed by atoms with Gasteiger partial charge in [0.25, 0.3) is 0 Å². The first-order valence-electron chi connectivity index (χ1n) is 5.49. The van der Waals surface area contributed by atoms with E-state index in [2.05, 4.69) is 10.2 Å². The molecule has 88 valence electrons. The van der Waals surface area contributed by atoms with Crippen LogP contribution < -0.4 is 10.2 Å². The molecular weight excluding hydrogens is 243 g/mol. The molecule has 0 aliphatic carbocycles. The first-order chi connectivity index (χ1) is 7.61. The zero-order valence-electron chi connectivity index (χ0n) is 9.56. The number of nitrogens with one attached hydrogen (secondary N) is 1. The molecule has 1 N–H and O–H groups in total. The average molecular weight is 259 g/mol. The molecule has 0 radical (unpaired) electrons. The van der Waals surface area contributed by atoms with Crippen molar-refractivity contribution in [3.05, 3.63) is 27.7 Å². The Morgan fingerprint density at radius 1 is 1.31 bits per heavy atom. The van der Waals surface area contributed by atoms with Crippen LogP contribution in [0.4, 0.5) is 5.69 Å². The van der Waals surface area contributed by atoms with E-state index in [9.17, 15) is 0 Å². The van der Waals surface area contributed by atoms with Crippen LogP contribution in [0.15, 0.2) is 12.1 Å². The van der Waals surface area contributed by atoms with E-state index < -0.39 is 0 Å². The second-order valence-corrected chi connectivity index (χ2v) is 5.09. The quantitative estimate of drug-likeness (QED) is 0.877. The number of aryl methyl sites for hydroxylation is 1. The molecule has 4 heteroatoms. The summed E-state index contributed by atoms with van der Waals surface area (Å²) >= 11 is 12.4. The van der Waals surface area contributed by atoms with Crippen LogP contribution in [0.5, 0.6) is 0 Å². The van der Waals surface area contributed by atoms with Crippen molar-refractivity contribution in [2.45, 2.75) is 19.4 Å². The zero-order valence-corrected chi connectivity index (χ0v) is 11.1. The van der Waals surface area contributed by atoms with E-state index in [-0.39, 0.29) is 0 Å². The predicted octanol–water partition coefficient (Wildman–Crippen LogP) is 3.10. The minimum absolute atomic E-state index is 0.552. The van der Waals surface area contributed by atoms with Crippen LogP contribution in [-0.2, 0) is 0 Å². The Morgan fingerprint density at radius 3 is 2.69 bits per heavy atom. The lowest BCUT2D eigenvalue weighted by Crippen LogP contribution is -2.29. The Hall–Kier alpha value is -0.440. The van der Waals surface area contributed by atoms with Crippen molar-refractivity contribution in [1.29, 1.82) is 0 Å². The fourth-order valence-corrected chi connectivity index (χ4v) is 2.59. The van der Waals surface area contributed by atoms with Gasteiger partial charge in [0, 0.05) is 24.2 Å². The maximum Gasteiger partial charge on any atom is 0.0643 e. The molecule has 1 atom stereocenters. The lowest BCUT2D eigenvalue weighted by molar-refractivity contribution is 0.617. The van der Waals surface area contributed by atoms with Crippen molar-refractivity contribution in [2.24, 2.45) is 0 Å². The number of nitrogens with zero attached hydrogens (tertiary/aromatic N) is 1. The molecule has 0 aromatic heterocycles. The molecule has 1 aromatic carbocycles. The number of hydrogen-bond acceptors (Lipinski definition) is 2. The zero-order chi connectivity index (χ0) is 11.7. The van der Waals surface area contributed by atoms with Crippen LogP contribution in [0.1, 0.15) is 12.0 Å². The van der Waals surface area contributed by atoms with Crippen LogP contribution in [0.2, 0.25) is 10.0 Å². The van der Waals surface area contributed by atoms with Gasteiger partial charge in [-0.05, 0) is 38.1 Å². The third kappa shape index (κ3) is 2.29. The van der Waals surface area contributed by atoms with Crippen LogP contribution in [0.25, 0.3) is 0 Å². The highest BCUT2D eigenvalue weighted by atomic mass is 35.5. The topological polar surface area (TPSA) is 15.3 Å². The van der Waals surface area contributed by atoms with Gasteiger partial charge >= 0.3 is 0 Å². The molecule has 2 nitrogen and oxygen atoms in total. The van der Waals surface area contributed by atoms with Gasteiger partial charge in [0.15, 0.2) is 0 Å². The monoisotopic (exact) mass is 258 g/mol. The van der Waals surface area contributed by atoms with Crippen molar-refractivity contribution in [1.82, 2.24) is 5.32 Å². The van der Waals surface area contributed by atoms with E-state index in [1.165, 1.54) is 0 Å². The number of likely N-dealkylation sites (N-methyl/N-ethyl adjacent to an activating group) is 1. The average Bonchev–Trinajstić information content (AvgIpc) is 2.71. The summed E-state index contributed by atoms with van der Waals surface area (Å²) in [5, 5.41) is 4.87. The number of rotatable bonds is 2. The molecule has 1 aliphatic heterocycles. The summed E-state index contributed by atoms with van der Waals surface area (Å²) in [5.41, 5.74) is 2.08. The SMILES string of the molecule is CNC1CCN(c2cc(Cl)c(C)cc2Cl)C1. The third-order valence-corrected chi connectivity index (χ3v) is 3.88. The maximum atomic E-state index is 6.25. The molecule has 1 unspecified atom stereocenters. The molecule has 1 fully saturated rings. The second kappa shape index (κ2) is 4.82. The van der Waals surface area contributed by atoms with E-state index in [1.807, 2.05) is 26.1 Å². The fourth-order valence-electron chi connectivity index (χ4n) is 2.09. The fraction of sp³-hybridized carbons (Fsp3) is 0.500. The summed E-state index contributed by atoms with van der Waals surface area (Å²) in [7, 11) is 2.00. The summed E-state index contributed by atoms with van der Waals surface area (Å²) in [6.45, 7) is 4.00.